The standard InChI is InChI=1S/2C20H16N.2ClH.Zr/c2*1-2-7-15-14(6-1)12-13-20(15)21-18-10-4-3-8-16(18)17-9-5-11-19(17)21;;;/h2*1-4,6-8,10,12-13H,5,9,11H2;2*1H;/q;;;;+2/p-2. The Morgan fingerprint density at radius 3 is 1.40 bits per heavy atom. The number of aryl methyl sites for hydroxylation is 2. The van der Waals surface area contributed by atoms with E-state index in [0.717, 1.165) is 0 Å². The van der Waals surface area contributed by atoms with Gasteiger partial charge in [-0.15, -0.1) is 0 Å². The first-order valence-corrected chi connectivity index (χ1v) is 18.3. The molecule has 220 valence electrons. The van der Waals surface area contributed by atoms with E-state index in [-0.39, 0.29) is 31.3 Å². The van der Waals surface area contributed by atoms with Crippen LogP contribution in [0, 0.1) is 0 Å². The van der Waals surface area contributed by atoms with Crippen molar-refractivity contribution in [3.63, 3.8) is 0 Å². The van der Waals surface area contributed by atoms with Gasteiger partial charge in [0.15, 0.2) is 0 Å². The van der Waals surface area contributed by atoms with Gasteiger partial charge in [-0.25, -0.2) is 0 Å². The minimum Gasteiger partial charge on any atom is -1.00 e. The number of nitrogens with zero attached hydrogens (tertiary/aromatic N) is 2. The smallest absolute Gasteiger partial charge is 1.00 e. The van der Waals surface area contributed by atoms with E-state index in [1.165, 1.54) is 82.6 Å². The zero-order chi connectivity index (χ0) is 28.2. The average molecular weight is 703 g/mol. The second-order valence-corrected chi connectivity index (χ2v) is 17.1. The van der Waals surface area contributed by atoms with Crippen molar-refractivity contribution in [2.45, 2.75) is 45.0 Å². The maximum absolute atomic E-state index is 2.86. The van der Waals surface area contributed by atoms with E-state index >= 15 is 0 Å². The summed E-state index contributed by atoms with van der Waals surface area (Å²) in [6.07, 6.45) is 17.4. The van der Waals surface area contributed by atoms with Crippen molar-refractivity contribution in [2.75, 3.05) is 0 Å². The number of hydrogen-bond acceptors (Lipinski definition) is 0. The van der Waals surface area contributed by atoms with Crippen molar-refractivity contribution in [2.24, 2.45) is 0 Å². The van der Waals surface area contributed by atoms with Gasteiger partial charge in [-0.2, -0.15) is 0 Å². The van der Waals surface area contributed by atoms with Crippen molar-refractivity contribution >= 4 is 34.0 Å². The SMILES string of the molecule is C1=C[C]([Zr+2][C]2(n3c4c(c5ccccc53)CCC4)C=Cc3ccccc32)(n2c3c(c4ccccc42)CCC3)c2ccccc21.[Cl-].[Cl-]. The summed E-state index contributed by atoms with van der Waals surface area (Å²) in [5, 5.41) is 2.94. The van der Waals surface area contributed by atoms with Crippen molar-refractivity contribution in [1.82, 2.24) is 9.13 Å². The molecule has 4 aliphatic rings. The Morgan fingerprint density at radius 2 is 0.911 bits per heavy atom. The topological polar surface area (TPSA) is 9.86 Å². The van der Waals surface area contributed by atoms with Crippen molar-refractivity contribution in [3.05, 3.63) is 154 Å². The average Bonchev–Trinajstić information content (AvgIpc) is 3.89. The molecule has 2 atom stereocenters. The molecule has 6 aromatic rings. The van der Waals surface area contributed by atoms with Crippen molar-refractivity contribution in [1.29, 1.82) is 0 Å². The molecule has 5 heteroatoms. The molecule has 45 heavy (non-hydrogen) atoms. The number of para-hydroxylation sites is 2. The van der Waals surface area contributed by atoms with Crippen LogP contribution in [0.1, 0.15) is 57.6 Å². The second kappa shape index (κ2) is 10.7. The minimum atomic E-state index is -1.51. The summed E-state index contributed by atoms with van der Waals surface area (Å²) in [5.41, 5.74) is 15.0. The fraction of sp³-hybridized carbons (Fsp3) is 0.200. The van der Waals surface area contributed by atoms with Crippen LogP contribution in [-0.4, -0.2) is 9.13 Å². The van der Waals surface area contributed by atoms with Crippen LogP contribution in [-0.2, 0) is 55.4 Å². The van der Waals surface area contributed by atoms with Gasteiger partial charge in [0.1, 0.15) is 0 Å². The van der Waals surface area contributed by atoms with E-state index in [0.29, 0.717) is 0 Å². The van der Waals surface area contributed by atoms with E-state index in [2.05, 4.69) is 131 Å². The quantitative estimate of drug-likeness (QED) is 0.268. The molecule has 10 rings (SSSR count). The molecule has 0 fully saturated rings. The molecule has 2 unspecified atom stereocenters. The van der Waals surface area contributed by atoms with Crippen LogP contribution in [0.2, 0.25) is 0 Å². The Kier molecular flexibility index (Phi) is 6.99. The Hall–Kier alpha value is -3.10. The fourth-order valence-electron chi connectivity index (χ4n) is 9.06. The molecular formula is C40H32Cl2N2Zr. The van der Waals surface area contributed by atoms with Gasteiger partial charge in [-0.3, -0.25) is 0 Å². The summed E-state index contributed by atoms with van der Waals surface area (Å²) in [6, 6.07) is 37.1. The third-order valence-corrected chi connectivity index (χ3v) is 15.8. The van der Waals surface area contributed by atoms with Gasteiger partial charge in [0.2, 0.25) is 0 Å². The molecule has 0 N–H and O–H groups in total. The predicted molar refractivity (Wildman–Crippen MR) is 173 cm³/mol. The number of halogens is 2. The van der Waals surface area contributed by atoms with E-state index in [4.69, 9.17) is 0 Å². The first kappa shape index (κ1) is 29.3. The molecule has 0 bridgehead atoms. The van der Waals surface area contributed by atoms with Gasteiger partial charge in [-0.1, -0.05) is 0 Å². The molecule has 0 radical (unpaired) electrons. The van der Waals surface area contributed by atoms with Gasteiger partial charge >= 0.3 is 265 Å². The summed E-state index contributed by atoms with van der Waals surface area (Å²) in [7, 11) is 0. The summed E-state index contributed by atoms with van der Waals surface area (Å²) < 4.78 is 5.41. The number of aromatic nitrogens is 2. The van der Waals surface area contributed by atoms with E-state index < -0.39 is 23.2 Å². The van der Waals surface area contributed by atoms with E-state index in [1.54, 1.807) is 22.5 Å². The van der Waals surface area contributed by atoms with Gasteiger partial charge in [0.25, 0.3) is 0 Å². The molecule has 0 aliphatic heterocycles. The van der Waals surface area contributed by atoms with Gasteiger partial charge in [0, 0.05) is 0 Å². The summed E-state index contributed by atoms with van der Waals surface area (Å²) in [4.78, 5) is 0. The second-order valence-electron chi connectivity index (χ2n) is 12.8. The molecule has 0 spiro atoms. The third-order valence-electron chi connectivity index (χ3n) is 10.7. The molecule has 4 aliphatic carbocycles. The van der Waals surface area contributed by atoms with Crippen LogP contribution in [0.3, 0.4) is 0 Å². The maximum Gasteiger partial charge on any atom is -1.00 e. The number of benzene rings is 4. The normalized spacial score (nSPS) is 21.7. The monoisotopic (exact) mass is 700 g/mol. The Morgan fingerprint density at radius 1 is 0.489 bits per heavy atom. The van der Waals surface area contributed by atoms with E-state index in [1.807, 2.05) is 0 Å². The molecular weight excluding hydrogens is 671 g/mol. The Balaban J connectivity index is 0.00000150. The first-order chi connectivity index (χ1) is 21.3. The molecule has 2 heterocycles. The Labute approximate surface area is 288 Å². The first-order valence-electron chi connectivity index (χ1n) is 15.9. The largest absolute Gasteiger partial charge is 1.00 e. The zero-order valence-electron chi connectivity index (χ0n) is 24.9. The van der Waals surface area contributed by atoms with Gasteiger partial charge < -0.3 is 24.8 Å². The number of allylic oxidation sites excluding steroid dienone is 2. The molecule has 0 amide bonds. The molecule has 4 aromatic carbocycles. The molecule has 2 aromatic heterocycles. The zero-order valence-corrected chi connectivity index (χ0v) is 28.9. The summed E-state index contributed by atoms with van der Waals surface area (Å²) >= 11 is -1.51. The van der Waals surface area contributed by atoms with Crippen molar-refractivity contribution in [3.8, 4) is 0 Å². The van der Waals surface area contributed by atoms with Crippen molar-refractivity contribution < 1.29 is 48.0 Å². The fourth-order valence-corrected chi connectivity index (χ4v) is 14.9. The predicted octanol–water partition coefficient (Wildman–Crippen LogP) is 2.82. The summed E-state index contributed by atoms with van der Waals surface area (Å²) in [5.74, 6) is 0. The van der Waals surface area contributed by atoms with Crippen LogP contribution >= 0.6 is 0 Å². The van der Waals surface area contributed by atoms with Crippen LogP contribution in [0.15, 0.2) is 109 Å². The van der Waals surface area contributed by atoms with E-state index in [9.17, 15) is 0 Å². The Bertz CT molecular complexity index is 2050. The molecule has 0 saturated carbocycles. The summed E-state index contributed by atoms with van der Waals surface area (Å²) in [6.45, 7) is 0. The van der Waals surface area contributed by atoms with Crippen LogP contribution in [0.5, 0.6) is 0 Å². The van der Waals surface area contributed by atoms with Crippen LogP contribution in [0.4, 0.5) is 0 Å². The van der Waals surface area contributed by atoms with Crippen LogP contribution < -0.4 is 24.8 Å². The van der Waals surface area contributed by atoms with Crippen LogP contribution in [0.25, 0.3) is 34.0 Å². The number of rotatable bonds is 4. The maximum atomic E-state index is 2.86. The number of hydrogen-bond donors (Lipinski definition) is 0. The third kappa shape index (κ3) is 3.84. The van der Waals surface area contributed by atoms with Gasteiger partial charge in [0.05, 0.1) is 0 Å². The molecule has 0 saturated heterocycles. The minimum absolute atomic E-state index is 0. The van der Waals surface area contributed by atoms with Gasteiger partial charge in [-0.05, 0) is 0 Å². The number of fused-ring (bicyclic) bond motifs is 8. The molecule has 2 nitrogen and oxygen atoms in total.